The molecule has 1 aromatic rings. The Labute approximate surface area is 130 Å². The largest absolute Gasteiger partial charge is 0.384 e. The van der Waals surface area contributed by atoms with E-state index in [1.807, 2.05) is 18.2 Å². The molecule has 0 atom stereocenters. The first-order chi connectivity index (χ1) is 10.6. The summed E-state index contributed by atoms with van der Waals surface area (Å²) in [6.07, 6.45) is 6.26. The Morgan fingerprint density at radius 1 is 1.14 bits per heavy atom. The van der Waals surface area contributed by atoms with Crippen molar-refractivity contribution in [2.45, 2.75) is 50.5 Å². The molecule has 0 unspecified atom stereocenters. The van der Waals surface area contributed by atoms with Gasteiger partial charge in [-0.25, -0.2) is 0 Å². The molecule has 0 saturated heterocycles. The summed E-state index contributed by atoms with van der Waals surface area (Å²) in [7, 11) is 0. The Hall–Kier alpha value is -2.04. The standard InChI is InChI=1S/C17H23N3O2/c18-16(22)17(9-2-1-3-10-17)20-15(21)13-8-4-6-12-7-5-11-19-14(12)13/h4,6,8,19H,1-3,5,7,9-11H2,(H2,18,22)(H,20,21). The topological polar surface area (TPSA) is 84.2 Å². The van der Waals surface area contributed by atoms with Gasteiger partial charge < -0.3 is 16.4 Å². The number of anilines is 1. The fourth-order valence-corrected chi connectivity index (χ4v) is 3.57. The smallest absolute Gasteiger partial charge is 0.254 e. The number of carbonyl (C=O) groups excluding carboxylic acids is 2. The Morgan fingerprint density at radius 3 is 2.64 bits per heavy atom. The summed E-state index contributed by atoms with van der Waals surface area (Å²) in [5, 5.41) is 6.26. The second-order valence-electron chi connectivity index (χ2n) is 6.33. The van der Waals surface area contributed by atoms with Crippen molar-refractivity contribution in [2.75, 3.05) is 11.9 Å². The first-order valence-electron chi connectivity index (χ1n) is 8.11. The van der Waals surface area contributed by atoms with E-state index >= 15 is 0 Å². The van der Waals surface area contributed by atoms with Gasteiger partial charge >= 0.3 is 0 Å². The first kappa shape index (κ1) is 14.9. The minimum absolute atomic E-state index is 0.202. The lowest BCUT2D eigenvalue weighted by molar-refractivity contribution is -0.125. The van der Waals surface area contributed by atoms with Crippen LogP contribution in [-0.4, -0.2) is 23.9 Å². The van der Waals surface area contributed by atoms with E-state index in [-0.39, 0.29) is 5.91 Å². The van der Waals surface area contributed by atoms with E-state index in [0.717, 1.165) is 49.9 Å². The molecule has 5 heteroatoms. The molecule has 3 rings (SSSR count). The van der Waals surface area contributed by atoms with Gasteiger partial charge in [0.25, 0.3) is 5.91 Å². The lowest BCUT2D eigenvalue weighted by atomic mass is 9.80. The number of carbonyl (C=O) groups is 2. The average Bonchev–Trinajstić information content (AvgIpc) is 2.55. The molecule has 0 aromatic heterocycles. The van der Waals surface area contributed by atoms with Crippen molar-refractivity contribution in [3.63, 3.8) is 0 Å². The maximum atomic E-state index is 12.7. The highest BCUT2D eigenvalue weighted by atomic mass is 16.2. The number of nitrogens with one attached hydrogen (secondary N) is 2. The molecule has 2 amide bonds. The molecule has 1 aliphatic carbocycles. The monoisotopic (exact) mass is 301 g/mol. The lowest BCUT2D eigenvalue weighted by Crippen LogP contribution is -2.58. The van der Waals surface area contributed by atoms with Crippen LogP contribution in [0.1, 0.15) is 54.4 Å². The number of hydrogen-bond donors (Lipinski definition) is 3. The molecule has 1 saturated carbocycles. The van der Waals surface area contributed by atoms with Crippen molar-refractivity contribution >= 4 is 17.5 Å². The molecule has 1 heterocycles. The van der Waals surface area contributed by atoms with Crippen LogP contribution in [0.4, 0.5) is 5.69 Å². The molecule has 118 valence electrons. The van der Waals surface area contributed by atoms with Gasteiger partial charge in [-0.3, -0.25) is 9.59 Å². The third-order valence-corrected chi connectivity index (χ3v) is 4.85. The van der Waals surface area contributed by atoms with Gasteiger partial charge in [-0.05, 0) is 37.3 Å². The molecular weight excluding hydrogens is 278 g/mol. The molecule has 1 aliphatic heterocycles. The molecule has 0 bridgehead atoms. The number of nitrogens with two attached hydrogens (primary N) is 1. The van der Waals surface area contributed by atoms with Crippen LogP contribution in [0.2, 0.25) is 0 Å². The first-order valence-corrected chi connectivity index (χ1v) is 8.11. The summed E-state index contributed by atoms with van der Waals surface area (Å²) < 4.78 is 0. The summed E-state index contributed by atoms with van der Waals surface area (Å²) in [5.41, 5.74) is 7.40. The third kappa shape index (κ3) is 2.67. The van der Waals surface area contributed by atoms with Crippen molar-refractivity contribution in [3.8, 4) is 0 Å². The molecule has 0 spiro atoms. The number of fused-ring (bicyclic) bond motifs is 1. The molecule has 5 nitrogen and oxygen atoms in total. The fourth-order valence-electron chi connectivity index (χ4n) is 3.57. The summed E-state index contributed by atoms with van der Waals surface area (Å²) >= 11 is 0. The van der Waals surface area contributed by atoms with Crippen LogP contribution in [0.3, 0.4) is 0 Å². The van der Waals surface area contributed by atoms with Crippen LogP contribution >= 0.6 is 0 Å². The van der Waals surface area contributed by atoms with E-state index < -0.39 is 11.4 Å². The van der Waals surface area contributed by atoms with Gasteiger partial charge in [0.2, 0.25) is 5.91 Å². The second kappa shape index (κ2) is 5.99. The number of amides is 2. The van der Waals surface area contributed by atoms with Crippen molar-refractivity contribution in [3.05, 3.63) is 29.3 Å². The average molecular weight is 301 g/mol. The highest BCUT2D eigenvalue weighted by Crippen LogP contribution is 2.30. The van der Waals surface area contributed by atoms with E-state index in [2.05, 4.69) is 10.6 Å². The Bertz CT molecular complexity index is 592. The highest BCUT2D eigenvalue weighted by molar-refractivity contribution is 6.03. The number of benzene rings is 1. The number of rotatable bonds is 3. The van der Waals surface area contributed by atoms with Gasteiger partial charge in [-0.2, -0.15) is 0 Å². The predicted octanol–water partition coefficient (Wildman–Crippen LogP) is 1.96. The normalized spacial score (nSPS) is 19.6. The van der Waals surface area contributed by atoms with Gasteiger partial charge in [0.15, 0.2) is 0 Å². The van der Waals surface area contributed by atoms with Gasteiger partial charge in [0.1, 0.15) is 5.54 Å². The van der Waals surface area contributed by atoms with Crippen molar-refractivity contribution < 1.29 is 9.59 Å². The molecule has 22 heavy (non-hydrogen) atoms. The number of primary amides is 1. The Balaban J connectivity index is 1.86. The van der Waals surface area contributed by atoms with E-state index in [0.29, 0.717) is 18.4 Å². The molecule has 2 aliphatic rings. The molecule has 1 fully saturated rings. The van der Waals surface area contributed by atoms with Gasteiger partial charge in [-0.1, -0.05) is 31.4 Å². The van der Waals surface area contributed by atoms with Crippen LogP contribution in [0.25, 0.3) is 0 Å². The SMILES string of the molecule is NC(=O)C1(NC(=O)c2cccc3c2NCCC3)CCCCC1. The number of aryl methyl sites for hydroxylation is 1. The summed E-state index contributed by atoms with van der Waals surface area (Å²) in [6, 6.07) is 5.76. The second-order valence-corrected chi connectivity index (χ2v) is 6.33. The predicted molar refractivity (Wildman–Crippen MR) is 85.7 cm³/mol. The summed E-state index contributed by atoms with van der Waals surface area (Å²) in [4.78, 5) is 24.7. The third-order valence-electron chi connectivity index (χ3n) is 4.85. The maximum absolute atomic E-state index is 12.7. The van der Waals surface area contributed by atoms with Crippen molar-refractivity contribution in [1.82, 2.24) is 5.32 Å². The van der Waals surface area contributed by atoms with Crippen molar-refractivity contribution in [2.24, 2.45) is 5.73 Å². The molecule has 4 N–H and O–H groups in total. The Kier molecular flexibility index (Phi) is 4.05. The quantitative estimate of drug-likeness (QED) is 0.798. The van der Waals surface area contributed by atoms with Crippen LogP contribution in [-0.2, 0) is 11.2 Å². The lowest BCUT2D eigenvalue weighted by Gasteiger charge is -2.35. The van der Waals surface area contributed by atoms with Gasteiger partial charge in [0.05, 0.1) is 11.3 Å². The van der Waals surface area contributed by atoms with Crippen LogP contribution < -0.4 is 16.4 Å². The molecule has 1 aromatic carbocycles. The van der Waals surface area contributed by atoms with E-state index in [1.54, 1.807) is 0 Å². The zero-order chi connectivity index (χ0) is 15.6. The molecule has 0 radical (unpaired) electrons. The highest BCUT2D eigenvalue weighted by Gasteiger charge is 2.39. The van der Waals surface area contributed by atoms with E-state index in [1.165, 1.54) is 0 Å². The van der Waals surface area contributed by atoms with Gasteiger partial charge in [-0.15, -0.1) is 0 Å². The minimum atomic E-state index is -0.882. The maximum Gasteiger partial charge on any atom is 0.254 e. The minimum Gasteiger partial charge on any atom is -0.384 e. The van der Waals surface area contributed by atoms with Crippen LogP contribution in [0, 0.1) is 0 Å². The number of hydrogen-bond acceptors (Lipinski definition) is 3. The molecular formula is C17H23N3O2. The Morgan fingerprint density at radius 2 is 1.91 bits per heavy atom. The fraction of sp³-hybridized carbons (Fsp3) is 0.529. The van der Waals surface area contributed by atoms with E-state index in [4.69, 9.17) is 5.73 Å². The zero-order valence-electron chi connectivity index (χ0n) is 12.8. The summed E-state index contributed by atoms with van der Waals surface area (Å²) in [5.74, 6) is -0.620. The zero-order valence-corrected chi connectivity index (χ0v) is 12.8. The van der Waals surface area contributed by atoms with Crippen LogP contribution in [0.5, 0.6) is 0 Å². The van der Waals surface area contributed by atoms with Crippen molar-refractivity contribution in [1.29, 1.82) is 0 Å². The summed E-state index contributed by atoms with van der Waals surface area (Å²) in [6.45, 7) is 0.873. The van der Waals surface area contributed by atoms with Crippen LogP contribution in [0.15, 0.2) is 18.2 Å². The van der Waals surface area contributed by atoms with Gasteiger partial charge in [0, 0.05) is 6.54 Å². The van der Waals surface area contributed by atoms with E-state index in [9.17, 15) is 9.59 Å². The number of para-hydroxylation sites is 1.